The lowest BCUT2D eigenvalue weighted by atomic mass is 10.1. The van der Waals surface area contributed by atoms with Gasteiger partial charge in [-0.2, -0.15) is 4.31 Å². The van der Waals surface area contributed by atoms with Crippen LogP contribution >= 0.6 is 11.6 Å². The largest absolute Gasteiger partial charge is 0.493 e. The molecule has 0 spiro atoms. The van der Waals surface area contributed by atoms with Crippen LogP contribution in [0.1, 0.15) is 56.9 Å². The normalized spacial score (nSPS) is 18.1. The van der Waals surface area contributed by atoms with Gasteiger partial charge in [-0.15, -0.1) is 0 Å². The average molecular weight is 491 g/mol. The Hall–Kier alpha value is -1.60. The summed E-state index contributed by atoms with van der Waals surface area (Å²) in [6.45, 7) is 4.39. The first-order valence-electron chi connectivity index (χ1n) is 12.2. The van der Waals surface area contributed by atoms with Crippen LogP contribution in [0.15, 0.2) is 53.4 Å². The van der Waals surface area contributed by atoms with E-state index in [1.807, 2.05) is 24.3 Å². The quantitative estimate of drug-likeness (QED) is 0.399. The summed E-state index contributed by atoms with van der Waals surface area (Å²) in [5.74, 6) is 0.783. The Morgan fingerprint density at radius 1 is 0.939 bits per heavy atom. The molecular weight excluding hydrogens is 456 g/mol. The van der Waals surface area contributed by atoms with Crippen molar-refractivity contribution in [3.63, 3.8) is 0 Å². The summed E-state index contributed by atoms with van der Waals surface area (Å²) in [4.78, 5) is 2.80. The van der Waals surface area contributed by atoms with Crippen molar-refractivity contribution in [2.24, 2.45) is 0 Å². The van der Waals surface area contributed by atoms with Crippen molar-refractivity contribution in [2.75, 3.05) is 26.2 Å². The third-order valence-corrected chi connectivity index (χ3v) is 8.94. The fourth-order valence-corrected chi connectivity index (χ4v) is 6.73. The summed E-state index contributed by atoms with van der Waals surface area (Å²) >= 11 is 6.00. The Bertz CT molecular complexity index is 985. The molecule has 2 aromatic rings. The molecular formula is C26H35ClN2O3S. The molecule has 1 saturated carbocycles. The van der Waals surface area contributed by atoms with Crippen LogP contribution in [0, 0.1) is 0 Å². The van der Waals surface area contributed by atoms with Gasteiger partial charge < -0.3 is 9.64 Å². The molecule has 4 rings (SSSR count). The second-order valence-corrected chi connectivity index (χ2v) is 11.5. The Morgan fingerprint density at radius 3 is 2.36 bits per heavy atom. The van der Waals surface area contributed by atoms with Crippen molar-refractivity contribution in [3.05, 3.63) is 59.1 Å². The highest BCUT2D eigenvalue weighted by Gasteiger charge is 2.34. The predicted octanol–water partition coefficient (Wildman–Crippen LogP) is 5.73. The van der Waals surface area contributed by atoms with E-state index in [9.17, 15) is 8.42 Å². The number of nitrogens with zero attached hydrogens (tertiary/aromatic N) is 2. The van der Waals surface area contributed by atoms with Gasteiger partial charge in [0.25, 0.3) is 0 Å². The summed E-state index contributed by atoms with van der Waals surface area (Å²) in [7, 11) is -3.64. The van der Waals surface area contributed by atoms with Crippen LogP contribution in [0.25, 0.3) is 0 Å². The first-order chi connectivity index (χ1) is 16.0. The van der Waals surface area contributed by atoms with Crippen LogP contribution in [-0.4, -0.2) is 49.9 Å². The number of rotatable bonds is 10. The summed E-state index contributed by atoms with van der Waals surface area (Å²) in [5.41, 5.74) is 0.917. The maximum Gasteiger partial charge on any atom is 0.243 e. The zero-order chi connectivity index (χ0) is 23.1. The number of ether oxygens (including phenoxy) is 1. The molecule has 2 fully saturated rings. The van der Waals surface area contributed by atoms with Crippen molar-refractivity contribution in [3.8, 4) is 5.75 Å². The number of benzene rings is 2. The Kier molecular flexibility index (Phi) is 8.69. The van der Waals surface area contributed by atoms with Crippen molar-refractivity contribution >= 4 is 21.6 Å². The van der Waals surface area contributed by atoms with Gasteiger partial charge in [0.2, 0.25) is 10.0 Å². The predicted molar refractivity (Wildman–Crippen MR) is 133 cm³/mol. The molecule has 0 aromatic heterocycles. The first kappa shape index (κ1) is 24.5. The van der Waals surface area contributed by atoms with Gasteiger partial charge in [-0.3, -0.25) is 0 Å². The molecule has 0 N–H and O–H groups in total. The average Bonchev–Trinajstić information content (AvgIpc) is 3.36. The lowest BCUT2D eigenvalue weighted by Crippen LogP contribution is -2.38. The SMILES string of the molecule is O=S(=O)(c1ccc(Cl)cc1)N(Cc1ccccc1OCCCN1CCCCC1)C1CCCC1. The van der Waals surface area contributed by atoms with Crippen molar-refractivity contribution in [1.82, 2.24) is 9.21 Å². The highest BCUT2D eigenvalue weighted by Crippen LogP contribution is 2.32. The van der Waals surface area contributed by atoms with Crippen LogP contribution in [0.2, 0.25) is 5.02 Å². The fraction of sp³-hybridized carbons (Fsp3) is 0.538. The van der Waals surface area contributed by atoms with Gasteiger partial charge >= 0.3 is 0 Å². The number of hydrogen-bond donors (Lipinski definition) is 0. The van der Waals surface area contributed by atoms with Crippen molar-refractivity contribution < 1.29 is 13.2 Å². The third kappa shape index (κ3) is 6.50. The van der Waals surface area contributed by atoms with Crippen molar-refractivity contribution in [2.45, 2.75) is 68.8 Å². The van der Waals surface area contributed by atoms with E-state index in [1.165, 1.54) is 32.4 Å². The minimum Gasteiger partial charge on any atom is -0.493 e. The number of sulfonamides is 1. The van der Waals surface area contributed by atoms with E-state index in [-0.39, 0.29) is 6.04 Å². The number of halogens is 1. The first-order valence-corrected chi connectivity index (χ1v) is 14.1. The Morgan fingerprint density at radius 2 is 1.64 bits per heavy atom. The van der Waals surface area contributed by atoms with E-state index in [4.69, 9.17) is 16.3 Å². The van der Waals surface area contributed by atoms with Crippen LogP contribution < -0.4 is 4.74 Å². The molecule has 1 heterocycles. The van der Waals surface area contributed by atoms with Gasteiger partial charge in [0.1, 0.15) is 5.75 Å². The molecule has 7 heteroatoms. The lowest BCUT2D eigenvalue weighted by molar-refractivity contribution is 0.204. The number of likely N-dealkylation sites (tertiary alicyclic amines) is 1. The molecule has 5 nitrogen and oxygen atoms in total. The molecule has 0 unspecified atom stereocenters. The van der Waals surface area contributed by atoms with E-state index in [1.54, 1.807) is 28.6 Å². The third-order valence-electron chi connectivity index (χ3n) is 6.78. The molecule has 0 bridgehead atoms. The van der Waals surface area contributed by atoms with Crippen LogP contribution in [0.5, 0.6) is 5.75 Å². The summed E-state index contributed by atoms with van der Waals surface area (Å²) in [5, 5.41) is 0.532. The summed E-state index contributed by atoms with van der Waals surface area (Å²) in [6, 6.07) is 14.3. The van der Waals surface area contributed by atoms with E-state index >= 15 is 0 Å². The van der Waals surface area contributed by atoms with Crippen molar-refractivity contribution in [1.29, 1.82) is 0 Å². The summed E-state index contributed by atoms with van der Waals surface area (Å²) < 4.78 is 35.1. The molecule has 0 amide bonds. The van der Waals surface area contributed by atoms with E-state index < -0.39 is 10.0 Å². The lowest BCUT2D eigenvalue weighted by Gasteiger charge is -2.29. The molecule has 180 valence electrons. The zero-order valence-corrected chi connectivity index (χ0v) is 20.9. The molecule has 0 radical (unpaired) electrons. The standard InChI is InChI=1S/C26H35ClN2O3S/c27-23-13-15-25(16-14-23)33(30,31)29(24-10-3-4-11-24)21-22-9-2-5-12-26(22)32-20-8-19-28-17-6-1-7-18-28/h2,5,9,12-16,24H,1,3-4,6-8,10-11,17-21H2. The Labute approximate surface area is 203 Å². The van der Waals surface area contributed by atoms with Gasteiger partial charge in [0.15, 0.2) is 0 Å². The molecule has 2 aliphatic rings. The monoisotopic (exact) mass is 490 g/mol. The number of para-hydroxylation sites is 1. The second-order valence-electron chi connectivity index (χ2n) is 9.15. The molecule has 1 aliphatic carbocycles. The number of piperidine rings is 1. The van der Waals surface area contributed by atoms with Crippen LogP contribution in [0.4, 0.5) is 0 Å². The molecule has 1 aliphatic heterocycles. The molecule has 0 atom stereocenters. The highest BCUT2D eigenvalue weighted by atomic mass is 35.5. The van der Waals surface area contributed by atoms with E-state index in [2.05, 4.69) is 4.90 Å². The van der Waals surface area contributed by atoms with E-state index in [0.717, 1.165) is 50.0 Å². The van der Waals surface area contributed by atoms with E-state index in [0.29, 0.717) is 23.1 Å². The number of hydrogen-bond acceptors (Lipinski definition) is 4. The van der Waals surface area contributed by atoms with Crippen LogP contribution in [-0.2, 0) is 16.6 Å². The minimum atomic E-state index is -3.64. The van der Waals surface area contributed by atoms with Gasteiger partial charge in [0.05, 0.1) is 11.5 Å². The topological polar surface area (TPSA) is 49.9 Å². The summed E-state index contributed by atoms with van der Waals surface area (Å²) in [6.07, 6.45) is 8.82. The maximum absolute atomic E-state index is 13.6. The molecule has 2 aromatic carbocycles. The fourth-order valence-electron chi connectivity index (χ4n) is 4.94. The Balaban J connectivity index is 1.46. The second kappa shape index (κ2) is 11.7. The smallest absolute Gasteiger partial charge is 0.243 e. The highest BCUT2D eigenvalue weighted by molar-refractivity contribution is 7.89. The molecule has 33 heavy (non-hydrogen) atoms. The minimum absolute atomic E-state index is 0.0119. The van der Waals surface area contributed by atoms with Gasteiger partial charge in [-0.1, -0.05) is 49.1 Å². The van der Waals surface area contributed by atoms with Crippen LogP contribution in [0.3, 0.4) is 0 Å². The van der Waals surface area contributed by atoms with Gasteiger partial charge in [0, 0.05) is 29.7 Å². The maximum atomic E-state index is 13.6. The van der Waals surface area contributed by atoms with Gasteiger partial charge in [-0.05, 0) is 75.5 Å². The zero-order valence-electron chi connectivity index (χ0n) is 19.3. The molecule has 1 saturated heterocycles. The van der Waals surface area contributed by atoms with Gasteiger partial charge in [-0.25, -0.2) is 8.42 Å².